The van der Waals surface area contributed by atoms with Gasteiger partial charge in [0.15, 0.2) is 0 Å². The molecule has 0 unspecified atom stereocenters. The van der Waals surface area contributed by atoms with E-state index < -0.39 is 21.7 Å². The molecule has 3 aromatic carbocycles. The maximum absolute atomic E-state index is 13.3. The number of nitrogens with zero attached hydrogens (tertiary/aromatic N) is 2. The van der Waals surface area contributed by atoms with E-state index in [1.807, 2.05) is 57.2 Å². The standard InChI is InChI=1S/C29H36BrN3O5S/c1-6-37-26-16-15-23(30)19-27(26)39(35,36)31-24-13-10-14-25(20-24)33(21-22-11-8-7-9-12-22)18-17-32(5)28(34)38-29(2,3)4/h7-16,19-20,31H,6,17-18,21H2,1-5H3. The second-order valence-corrected chi connectivity index (χ2v) is 12.6. The van der Waals surface area contributed by atoms with Crippen molar-refractivity contribution in [3.63, 3.8) is 0 Å². The van der Waals surface area contributed by atoms with Crippen LogP contribution in [0.1, 0.15) is 33.3 Å². The molecule has 0 heterocycles. The highest BCUT2D eigenvalue weighted by Gasteiger charge is 2.22. The molecule has 39 heavy (non-hydrogen) atoms. The first-order valence-electron chi connectivity index (χ1n) is 12.7. The maximum atomic E-state index is 13.3. The zero-order valence-electron chi connectivity index (χ0n) is 23.0. The van der Waals surface area contributed by atoms with Crippen molar-refractivity contribution in [1.82, 2.24) is 4.90 Å². The van der Waals surface area contributed by atoms with Gasteiger partial charge < -0.3 is 19.3 Å². The van der Waals surface area contributed by atoms with Gasteiger partial charge in [0.2, 0.25) is 0 Å². The molecule has 0 atom stereocenters. The normalized spacial score (nSPS) is 11.5. The highest BCUT2D eigenvalue weighted by Crippen LogP contribution is 2.30. The molecule has 210 valence electrons. The van der Waals surface area contributed by atoms with Gasteiger partial charge in [-0.2, -0.15) is 0 Å². The Balaban J connectivity index is 1.86. The van der Waals surface area contributed by atoms with E-state index in [0.717, 1.165) is 11.3 Å². The fourth-order valence-corrected chi connectivity index (χ4v) is 5.48. The molecule has 0 saturated carbocycles. The molecule has 0 saturated heterocycles. The molecule has 1 N–H and O–H groups in total. The second kappa shape index (κ2) is 13.2. The summed E-state index contributed by atoms with van der Waals surface area (Å²) in [5, 5.41) is 0. The first-order valence-corrected chi connectivity index (χ1v) is 14.9. The third-order valence-electron chi connectivity index (χ3n) is 5.59. The van der Waals surface area contributed by atoms with Crippen LogP contribution in [0.3, 0.4) is 0 Å². The van der Waals surface area contributed by atoms with Crippen molar-refractivity contribution >= 4 is 43.4 Å². The average Bonchev–Trinajstić information content (AvgIpc) is 2.87. The number of nitrogens with one attached hydrogen (secondary N) is 1. The number of ether oxygens (including phenoxy) is 2. The number of halogens is 1. The van der Waals surface area contributed by atoms with E-state index in [-0.39, 0.29) is 10.6 Å². The number of likely N-dealkylation sites (N-methyl/N-ethyl adjacent to an activating group) is 1. The molecular formula is C29H36BrN3O5S. The van der Waals surface area contributed by atoms with Crippen LogP contribution in [0.4, 0.5) is 16.2 Å². The van der Waals surface area contributed by atoms with Gasteiger partial charge in [-0.1, -0.05) is 52.3 Å². The van der Waals surface area contributed by atoms with Crippen molar-refractivity contribution in [1.29, 1.82) is 0 Å². The Hall–Kier alpha value is -3.24. The molecule has 0 aliphatic heterocycles. The Morgan fingerprint density at radius 3 is 2.36 bits per heavy atom. The SMILES string of the molecule is CCOc1ccc(Br)cc1S(=O)(=O)Nc1cccc(N(CCN(C)C(=O)OC(C)(C)C)Cc2ccccc2)c1. The summed E-state index contributed by atoms with van der Waals surface area (Å²) in [7, 11) is -2.24. The summed E-state index contributed by atoms with van der Waals surface area (Å²) in [5.74, 6) is 0.278. The molecule has 0 aliphatic rings. The number of carbonyl (C=O) groups excluding carboxylic acids is 1. The zero-order chi connectivity index (χ0) is 28.6. The van der Waals surface area contributed by atoms with Gasteiger partial charge in [-0.05, 0) is 69.7 Å². The number of hydrogen-bond acceptors (Lipinski definition) is 6. The summed E-state index contributed by atoms with van der Waals surface area (Å²) in [5.41, 5.74) is 1.71. The molecule has 0 aliphatic carbocycles. The van der Waals surface area contributed by atoms with Gasteiger partial charge >= 0.3 is 6.09 Å². The lowest BCUT2D eigenvalue weighted by Crippen LogP contribution is -2.39. The molecule has 0 aromatic heterocycles. The first-order chi connectivity index (χ1) is 18.4. The van der Waals surface area contributed by atoms with E-state index in [9.17, 15) is 13.2 Å². The number of benzene rings is 3. The van der Waals surface area contributed by atoms with Crippen LogP contribution in [-0.4, -0.2) is 51.8 Å². The zero-order valence-corrected chi connectivity index (χ0v) is 25.4. The fraction of sp³-hybridized carbons (Fsp3) is 0.345. The van der Waals surface area contributed by atoms with Gasteiger partial charge in [0, 0.05) is 36.8 Å². The van der Waals surface area contributed by atoms with E-state index in [4.69, 9.17) is 9.47 Å². The lowest BCUT2D eigenvalue weighted by atomic mass is 10.2. The summed E-state index contributed by atoms with van der Waals surface area (Å²) in [6.07, 6.45) is -0.400. The summed E-state index contributed by atoms with van der Waals surface area (Å²) in [6.45, 7) is 9.12. The van der Waals surface area contributed by atoms with Crippen LogP contribution in [0.2, 0.25) is 0 Å². The molecule has 3 aromatic rings. The van der Waals surface area contributed by atoms with Crippen LogP contribution in [-0.2, 0) is 21.3 Å². The third kappa shape index (κ3) is 9.18. The van der Waals surface area contributed by atoms with Crippen LogP contribution in [0.25, 0.3) is 0 Å². The number of rotatable bonds is 11. The molecule has 1 amide bonds. The molecule has 8 nitrogen and oxygen atoms in total. The minimum absolute atomic E-state index is 0.0456. The summed E-state index contributed by atoms with van der Waals surface area (Å²) >= 11 is 3.35. The number of hydrogen-bond donors (Lipinski definition) is 1. The van der Waals surface area contributed by atoms with E-state index in [1.54, 1.807) is 49.2 Å². The number of carbonyl (C=O) groups is 1. The van der Waals surface area contributed by atoms with Gasteiger partial charge in [0.05, 0.1) is 12.3 Å². The Morgan fingerprint density at radius 1 is 0.974 bits per heavy atom. The monoisotopic (exact) mass is 617 g/mol. The van der Waals surface area contributed by atoms with Crippen molar-refractivity contribution in [3.05, 3.63) is 82.8 Å². The Bertz CT molecular complexity index is 1360. The summed E-state index contributed by atoms with van der Waals surface area (Å²) in [6, 6.07) is 22.0. The average molecular weight is 619 g/mol. The minimum Gasteiger partial charge on any atom is -0.492 e. The lowest BCUT2D eigenvalue weighted by Gasteiger charge is -2.29. The van der Waals surface area contributed by atoms with Crippen LogP contribution in [0.5, 0.6) is 5.75 Å². The molecule has 3 rings (SSSR count). The Morgan fingerprint density at radius 2 is 1.69 bits per heavy atom. The number of anilines is 2. The molecule has 10 heteroatoms. The highest BCUT2D eigenvalue weighted by molar-refractivity contribution is 9.10. The van der Waals surface area contributed by atoms with Gasteiger partial charge in [-0.15, -0.1) is 0 Å². The van der Waals surface area contributed by atoms with Crippen LogP contribution >= 0.6 is 15.9 Å². The summed E-state index contributed by atoms with van der Waals surface area (Å²) < 4.78 is 41.0. The smallest absolute Gasteiger partial charge is 0.410 e. The van der Waals surface area contributed by atoms with E-state index in [1.165, 1.54) is 6.07 Å². The van der Waals surface area contributed by atoms with Crippen molar-refractivity contribution in [2.75, 3.05) is 36.4 Å². The van der Waals surface area contributed by atoms with Crippen LogP contribution in [0.15, 0.2) is 82.2 Å². The van der Waals surface area contributed by atoms with Gasteiger partial charge in [-0.25, -0.2) is 13.2 Å². The largest absolute Gasteiger partial charge is 0.492 e. The molecule has 0 radical (unpaired) electrons. The maximum Gasteiger partial charge on any atom is 0.410 e. The molecule has 0 bridgehead atoms. The fourth-order valence-electron chi connectivity index (χ4n) is 3.75. The lowest BCUT2D eigenvalue weighted by molar-refractivity contribution is 0.0303. The second-order valence-electron chi connectivity index (χ2n) is 9.99. The Kier molecular flexibility index (Phi) is 10.3. The Labute approximate surface area is 240 Å². The minimum atomic E-state index is -3.94. The molecule has 0 fully saturated rings. The van der Waals surface area contributed by atoms with E-state index in [2.05, 4.69) is 25.6 Å². The number of sulfonamides is 1. The molecular weight excluding hydrogens is 582 g/mol. The first kappa shape index (κ1) is 30.3. The highest BCUT2D eigenvalue weighted by atomic mass is 79.9. The van der Waals surface area contributed by atoms with Crippen LogP contribution < -0.4 is 14.4 Å². The quantitative estimate of drug-likeness (QED) is 0.263. The van der Waals surface area contributed by atoms with Crippen molar-refractivity contribution in [2.24, 2.45) is 0 Å². The predicted octanol–water partition coefficient (Wildman–Crippen LogP) is 6.52. The van der Waals surface area contributed by atoms with Gasteiger partial charge in [-0.3, -0.25) is 4.72 Å². The molecule has 0 spiro atoms. The van der Waals surface area contributed by atoms with E-state index >= 15 is 0 Å². The van der Waals surface area contributed by atoms with Crippen LogP contribution in [0, 0.1) is 0 Å². The number of amides is 1. The van der Waals surface area contributed by atoms with Gasteiger partial charge in [0.1, 0.15) is 16.2 Å². The third-order valence-corrected chi connectivity index (χ3v) is 7.48. The van der Waals surface area contributed by atoms with Gasteiger partial charge in [0.25, 0.3) is 10.0 Å². The van der Waals surface area contributed by atoms with E-state index in [0.29, 0.717) is 36.4 Å². The van der Waals surface area contributed by atoms with Crippen molar-refractivity contribution in [3.8, 4) is 5.75 Å². The van der Waals surface area contributed by atoms with Crippen molar-refractivity contribution in [2.45, 2.75) is 44.7 Å². The topological polar surface area (TPSA) is 88.2 Å². The summed E-state index contributed by atoms with van der Waals surface area (Å²) in [4.78, 5) is 16.2. The predicted molar refractivity (Wildman–Crippen MR) is 159 cm³/mol. The van der Waals surface area contributed by atoms with Crippen molar-refractivity contribution < 1.29 is 22.7 Å².